The van der Waals surface area contributed by atoms with Crippen LogP contribution < -0.4 is 4.74 Å². The molecule has 0 N–H and O–H groups in total. The number of nitrogens with zero attached hydrogens (tertiary/aromatic N) is 1. The second kappa shape index (κ2) is 7.11. The number of morpholine rings is 1. The van der Waals surface area contributed by atoms with E-state index in [2.05, 4.69) is 0 Å². The van der Waals surface area contributed by atoms with E-state index in [0.717, 1.165) is 0 Å². The van der Waals surface area contributed by atoms with Crippen molar-refractivity contribution in [3.05, 3.63) is 29.8 Å². The van der Waals surface area contributed by atoms with Gasteiger partial charge >= 0.3 is 0 Å². The van der Waals surface area contributed by atoms with Gasteiger partial charge in [0.2, 0.25) is 0 Å². The third-order valence-electron chi connectivity index (χ3n) is 3.51. The largest absolute Gasteiger partial charge is 0.494 e. The molecule has 22 heavy (non-hydrogen) atoms. The summed E-state index contributed by atoms with van der Waals surface area (Å²) in [5, 5.41) is 0. The van der Waals surface area contributed by atoms with Gasteiger partial charge in [-0.25, -0.2) is 0 Å². The number of rotatable bonds is 5. The molecule has 0 saturated carbocycles. The minimum Gasteiger partial charge on any atom is -0.494 e. The molecule has 0 aliphatic carbocycles. The number of hydrogen-bond donors (Lipinski definition) is 0. The van der Waals surface area contributed by atoms with Crippen molar-refractivity contribution in [3.8, 4) is 5.75 Å². The molecule has 1 aliphatic rings. The molecule has 0 spiro atoms. The van der Waals surface area contributed by atoms with E-state index in [0.29, 0.717) is 37.6 Å². The fraction of sp³-hybridized carbons (Fsp3) is 0.588. The fourth-order valence-electron chi connectivity index (χ4n) is 2.79. The first-order valence-corrected chi connectivity index (χ1v) is 7.64. The van der Waals surface area contributed by atoms with E-state index in [4.69, 9.17) is 14.2 Å². The smallest absolute Gasteiger partial charge is 0.254 e. The molecular weight excluding hydrogens is 282 g/mol. The van der Waals surface area contributed by atoms with E-state index in [1.165, 1.54) is 0 Å². The standard InChI is InChI=1S/C17H25NO4/c1-5-21-14-8-6-7-13(9-14)16(19)18-10-15(11-20-4)22-17(2,3)12-18/h6-9,15H,5,10-12H2,1-4H3/t15-/m1/s1. The summed E-state index contributed by atoms with van der Waals surface area (Å²) < 4.78 is 16.6. The fourth-order valence-corrected chi connectivity index (χ4v) is 2.79. The van der Waals surface area contributed by atoms with Gasteiger partial charge in [0, 0.05) is 25.8 Å². The van der Waals surface area contributed by atoms with E-state index in [1.807, 2.05) is 43.9 Å². The second-order valence-corrected chi connectivity index (χ2v) is 6.10. The maximum Gasteiger partial charge on any atom is 0.254 e. The molecule has 1 aromatic carbocycles. The van der Waals surface area contributed by atoms with Crippen molar-refractivity contribution in [1.29, 1.82) is 0 Å². The van der Waals surface area contributed by atoms with Crippen molar-refractivity contribution < 1.29 is 19.0 Å². The molecular formula is C17H25NO4. The average Bonchev–Trinajstić information content (AvgIpc) is 2.46. The van der Waals surface area contributed by atoms with Gasteiger partial charge in [-0.1, -0.05) is 6.07 Å². The van der Waals surface area contributed by atoms with Gasteiger partial charge in [-0.05, 0) is 39.0 Å². The van der Waals surface area contributed by atoms with Crippen molar-refractivity contribution >= 4 is 5.91 Å². The summed E-state index contributed by atoms with van der Waals surface area (Å²) in [6.45, 7) is 8.07. The zero-order chi connectivity index (χ0) is 16.2. The molecule has 1 heterocycles. The summed E-state index contributed by atoms with van der Waals surface area (Å²) in [5.74, 6) is 0.716. The molecule has 1 aromatic rings. The molecule has 0 aromatic heterocycles. The van der Waals surface area contributed by atoms with Crippen LogP contribution in [0.3, 0.4) is 0 Å². The van der Waals surface area contributed by atoms with Crippen molar-refractivity contribution in [3.63, 3.8) is 0 Å². The lowest BCUT2D eigenvalue weighted by Crippen LogP contribution is -2.55. The molecule has 5 nitrogen and oxygen atoms in total. The van der Waals surface area contributed by atoms with Gasteiger partial charge < -0.3 is 19.1 Å². The molecule has 0 unspecified atom stereocenters. The van der Waals surface area contributed by atoms with Crippen LogP contribution in [0.5, 0.6) is 5.75 Å². The van der Waals surface area contributed by atoms with Gasteiger partial charge in [-0.3, -0.25) is 4.79 Å². The van der Waals surface area contributed by atoms with Gasteiger partial charge in [0.05, 0.1) is 24.9 Å². The molecule has 0 radical (unpaired) electrons. The molecule has 1 saturated heterocycles. The molecule has 122 valence electrons. The van der Waals surface area contributed by atoms with Gasteiger partial charge in [0.15, 0.2) is 0 Å². The lowest BCUT2D eigenvalue weighted by atomic mass is 10.0. The number of methoxy groups -OCH3 is 1. The van der Waals surface area contributed by atoms with Crippen LogP contribution in [0.2, 0.25) is 0 Å². The number of ether oxygens (including phenoxy) is 3. The molecule has 5 heteroatoms. The van der Waals surface area contributed by atoms with Crippen LogP contribution in [0.25, 0.3) is 0 Å². The minimum atomic E-state index is -0.380. The Hall–Kier alpha value is -1.59. The van der Waals surface area contributed by atoms with Gasteiger partial charge in [-0.2, -0.15) is 0 Å². The molecule has 2 rings (SSSR count). The van der Waals surface area contributed by atoms with E-state index in [-0.39, 0.29) is 17.6 Å². The maximum atomic E-state index is 12.8. The Morgan fingerprint density at radius 1 is 1.45 bits per heavy atom. The Labute approximate surface area is 132 Å². The van der Waals surface area contributed by atoms with Crippen molar-refractivity contribution in [1.82, 2.24) is 4.90 Å². The van der Waals surface area contributed by atoms with E-state index >= 15 is 0 Å². The number of carbonyl (C=O) groups excluding carboxylic acids is 1. The number of hydrogen-bond acceptors (Lipinski definition) is 4. The van der Waals surface area contributed by atoms with Gasteiger partial charge in [0.1, 0.15) is 5.75 Å². The van der Waals surface area contributed by atoms with Crippen LogP contribution in [-0.4, -0.2) is 55.9 Å². The highest BCUT2D eigenvalue weighted by atomic mass is 16.5. The van der Waals surface area contributed by atoms with Crippen LogP contribution >= 0.6 is 0 Å². The lowest BCUT2D eigenvalue weighted by molar-refractivity contribution is -0.143. The zero-order valence-electron chi connectivity index (χ0n) is 13.8. The van der Waals surface area contributed by atoms with Crippen LogP contribution in [0.15, 0.2) is 24.3 Å². The van der Waals surface area contributed by atoms with Crippen LogP contribution in [0, 0.1) is 0 Å². The predicted molar refractivity (Wildman–Crippen MR) is 84.3 cm³/mol. The number of amides is 1. The predicted octanol–water partition coefficient (Wildman–Crippen LogP) is 2.35. The van der Waals surface area contributed by atoms with Crippen LogP contribution in [0.1, 0.15) is 31.1 Å². The molecule has 1 fully saturated rings. The van der Waals surface area contributed by atoms with Crippen LogP contribution in [0.4, 0.5) is 0 Å². The molecule has 1 atom stereocenters. The maximum absolute atomic E-state index is 12.8. The summed E-state index contributed by atoms with van der Waals surface area (Å²) in [6.07, 6.45) is -0.104. The first-order valence-electron chi connectivity index (χ1n) is 7.64. The summed E-state index contributed by atoms with van der Waals surface area (Å²) in [4.78, 5) is 14.6. The van der Waals surface area contributed by atoms with Crippen LogP contribution in [-0.2, 0) is 9.47 Å². The summed E-state index contributed by atoms with van der Waals surface area (Å²) in [5.41, 5.74) is 0.258. The Morgan fingerprint density at radius 2 is 2.23 bits per heavy atom. The molecule has 0 bridgehead atoms. The highest BCUT2D eigenvalue weighted by Crippen LogP contribution is 2.23. The third-order valence-corrected chi connectivity index (χ3v) is 3.51. The highest BCUT2D eigenvalue weighted by molar-refractivity contribution is 5.94. The summed E-state index contributed by atoms with van der Waals surface area (Å²) in [6, 6.07) is 7.31. The Kier molecular flexibility index (Phi) is 5.42. The van der Waals surface area contributed by atoms with Crippen molar-refractivity contribution in [2.24, 2.45) is 0 Å². The van der Waals surface area contributed by atoms with E-state index in [9.17, 15) is 4.79 Å². The number of benzene rings is 1. The Balaban J connectivity index is 2.15. The third kappa shape index (κ3) is 4.21. The van der Waals surface area contributed by atoms with Gasteiger partial charge in [0.25, 0.3) is 5.91 Å². The van der Waals surface area contributed by atoms with Gasteiger partial charge in [-0.15, -0.1) is 0 Å². The second-order valence-electron chi connectivity index (χ2n) is 6.10. The monoisotopic (exact) mass is 307 g/mol. The Morgan fingerprint density at radius 3 is 2.91 bits per heavy atom. The van der Waals surface area contributed by atoms with E-state index in [1.54, 1.807) is 13.2 Å². The topological polar surface area (TPSA) is 48.0 Å². The number of carbonyl (C=O) groups is 1. The Bertz CT molecular complexity index is 515. The van der Waals surface area contributed by atoms with Crippen molar-refractivity contribution in [2.75, 3.05) is 33.4 Å². The minimum absolute atomic E-state index is 0.000897. The first-order chi connectivity index (χ1) is 10.4. The van der Waals surface area contributed by atoms with E-state index < -0.39 is 0 Å². The SMILES string of the molecule is CCOc1cccc(C(=O)N2C[C@H](COC)OC(C)(C)C2)c1. The normalized spacial score (nSPS) is 20.7. The molecule has 1 aliphatic heterocycles. The summed E-state index contributed by atoms with van der Waals surface area (Å²) >= 11 is 0. The molecule has 1 amide bonds. The first kappa shape index (κ1) is 16.8. The highest BCUT2D eigenvalue weighted by Gasteiger charge is 2.35. The quantitative estimate of drug-likeness (QED) is 0.838. The zero-order valence-corrected chi connectivity index (χ0v) is 13.8. The lowest BCUT2D eigenvalue weighted by Gasteiger charge is -2.42. The average molecular weight is 307 g/mol. The summed E-state index contributed by atoms with van der Waals surface area (Å²) in [7, 11) is 1.64. The van der Waals surface area contributed by atoms with Crippen molar-refractivity contribution in [2.45, 2.75) is 32.5 Å².